The van der Waals surface area contributed by atoms with Gasteiger partial charge in [-0.25, -0.2) is 9.69 Å². The fraction of sp³-hybridized carbons (Fsp3) is 0.143. The van der Waals surface area contributed by atoms with E-state index >= 15 is 0 Å². The van der Waals surface area contributed by atoms with Crippen LogP contribution < -0.4 is 19.7 Å². The standard InChI is InChI=1S/C21H17ClN2O4/c1-3-11-28-18-10-5-14(13-19(18)27-4-2)12-17-20(25)24(21(26)23-17)16-8-6-15(22)7-9-16/h1,5-10,12-13H,4,11H2,2H3,(H,23,26)/b17-12+. The van der Waals surface area contributed by atoms with Gasteiger partial charge in [0.25, 0.3) is 5.91 Å². The SMILES string of the molecule is C#CCOc1ccc(/C=C2/NC(=O)N(c3ccc(Cl)cc3)C2=O)cc1OCC. The first-order valence-corrected chi connectivity index (χ1v) is 8.87. The molecule has 7 heteroatoms. The van der Waals surface area contributed by atoms with Crippen LogP contribution in [0, 0.1) is 12.3 Å². The zero-order valence-electron chi connectivity index (χ0n) is 15.1. The number of benzene rings is 2. The van der Waals surface area contributed by atoms with E-state index in [0.717, 1.165) is 4.90 Å². The van der Waals surface area contributed by atoms with Crippen molar-refractivity contribution in [1.29, 1.82) is 0 Å². The minimum atomic E-state index is -0.530. The Morgan fingerprint density at radius 1 is 1.14 bits per heavy atom. The largest absolute Gasteiger partial charge is 0.490 e. The Kier molecular flexibility index (Phi) is 5.87. The van der Waals surface area contributed by atoms with Crippen LogP contribution in [0.5, 0.6) is 11.5 Å². The molecule has 0 aliphatic carbocycles. The number of hydrogen-bond acceptors (Lipinski definition) is 4. The highest BCUT2D eigenvalue weighted by atomic mass is 35.5. The molecule has 0 spiro atoms. The zero-order valence-corrected chi connectivity index (χ0v) is 15.8. The number of carbonyl (C=O) groups excluding carboxylic acids is 2. The number of terminal acetylenes is 1. The fourth-order valence-corrected chi connectivity index (χ4v) is 2.77. The van der Waals surface area contributed by atoms with Crippen LogP contribution in [0.1, 0.15) is 12.5 Å². The molecular formula is C21H17ClN2O4. The van der Waals surface area contributed by atoms with Crippen LogP contribution in [0.2, 0.25) is 5.02 Å². The summed E-state index contributed by atoms with van der Waals surface area (Å²) in [5.74, 6) is 2.94. The molecule has 1 heterocycles. The van der Waals surface area contributed by atoms with Crippen molar-refractivity contribution in [3.05, 3.63) is 58.7 Å². The molecule has 0 radical (unpaired) electrons. The molecule has 2 aromatic rings. The van der Waals surface area contributed by atoms with E-state index in [2.05, 4.69) is 11.2 Å². The molecule has 3 amide bonds. The number of ether oxygens (including phenoxy) is 2. The Bertz CT molecular complexity index is 977. The van der Waals surface area contributed by atoms with E-state index in [1.165, 1.54) is 0 Å². The summed E-state index contributed by atoms with van der Waals surface area (Å²) in [6.45, 7) is 2.40. The van der Waals surface area contributed by atoms with Crippen LogP contribution in [-0.2, 0) is 4.79 Å². The van der Waals surface area contributed by atoms with Crippen molar-refractivity contribution in [3.63, 3.8) is 0 Å². The third-order valence-electron chi connectivity index (χ3n) is 3.85. The summed E-state index contributed by atoms with van der Waals surface area (Å²) in [7, 11) is 0. The molecule has 6 nitrogen and oxygen atoms in total. The number of urea groups is 1. The molecule has 1 N–H and O–H groups in total. The molecule has 28 heavy (non-hydrogen) atoms. The van der Waals surface area contributed by atoms with Crippen molar-refractivity contribution < 1.29 is 19.1 Å². The lowest BCUT2D eigenvalue weighted by Gasteiger charge is -2.12. The summed E-state index contributed by atoms with van der Waals surface area (Å²) in [4.78, 5) is 26.0. The molecule has 1 aliphatic rings. The van der Waals surface area contributed by atoms with Crippen LogP contribution in [0.15, 0.2) is 48.2 Å². The smallest absolute Gasteiger partial charge is 0.333 e. The second-order valence-electron chi connectivity index (χ2n) is 5.74. The highest BCUT2D eigenvalue weighted by Crippen LogP contribution is 2.30. The van der Waals surface area contributed by atoms with Crippen molar-refractivity contribution in [2.45, 2.75) is 6.92 Å². The average Bonchev–Trinajstić information content (AvgIpc) is 2.95. The molecule has 0 saturated carbocycles. The predicted octanol–water partition coefficient (Wildman–Crippen LogP) is 3.85. The number of nitrogens with zero attached hydrogens (tertiary/aromatic N) is 1. The summed E-state index contributed by atoms with van der Waals surface area (Å²) < 4.78 is 11.0. The van der Waals surface area contributed by atoms with Gasteiger partial charge in [-0.1, -0.05) is 23.6 Å². The third kappa shape index (κ3) is 4.11. The van der Waals surface area contributed by atoms with Gasteiger partial charge in [0.05, 0.1) is 12.3 Å². The molecule has 0 aromatic heterocycles. The molecule has 0 unspecified atom stereocenters. The summed E-state index contributed by atoms with van der Waals surface area (Å²) in [5.41, 5.74) is 1.25. The molecular weight excluding hydrogens is 380 g/mol. The molecule has 2 aromatic carbocycles. The number of halogens is 1. The Morgan fingerprint density at radius 3 is 2.57 bits per heavy atom. The minimum absolute atomic E-state index is 0.116. The third-order valence-corrected chi connectivity index (χ3v) is 4.10. The first-order valence-electron chi connectivity index (χ1n) is 8.49. The van der Waals surface area contributed by atoms with E-state index in [0.29, 0.717) is 34.4 Å². The van der Waals surface area contributed by atoms with Gasteiger partial charge in [-0.05, 0) is 55.0 Å². The van der Waals surface area contributed by atoms with Crippen LogP contribution in [0.4, 0.5) is 10.5 Å². The summed E-state index contributed by atoms with van der Waals surface area (Å²) in [5, 5.41) is 3.10. The minimum Gasteiger partial charge on any atom is -0.490 e. The number of anilines is 1. The van der Waals surface area contributed by atoms with Crippen molar-refractivity contribution in [2.24, 2.45) is 0 Å². The number of hydrogen-bond donors (Lipinski definition) is 1. The Morgan fingerprint density at radius 2 is 1.89 bits per heavy atom. The van der Waals surface area contributed by atoms with E-state index in [-0.39, 0.29) is 12.3 Å². The van der Waals surface area contributed by atoms with E-state index in [4.69, 9.17) is 27.5 Å². The second kappa shape index (κ2) is 8.51. The Labute approximate surface area is 167 Å². The van der Waals surface area contributed by atoms with Gasteiger partial charge in [0.1, 0.15) is 12.3 Å². The summed E-state index contributed by atoms with van der Waals surface area (Å²) in [6, 6.07) is 11.1. The van der Waals surface area contributed by atoms with Crippen molar-refractivity contribution in [3.8, 4) is 23.8 Å². The van der Waals surface area contributed by atoms with Crippen LogP contribution in [0.3, 0.4) is 0 Å². The maximum absolute atomic E-state index is 12.7. The first kappa shape index (κ1) is 19.3. The lowest BCUT2D eigenvalue weighted by atomic mass is 10.1. The van der Waals surface area contributed by atoms with E-state index in [9.17, 15) is 9.59 Å². The maximum Gasteiger partial charge on any atom is 0.333 e. The topological polar surface area (TPSA) is 67.9 Å². The molecule has 3 rings (SSSR count). The fourth-order valence-electron chi connectivity index (χ4n) is 2.65. The summed E-state index contributed by atoms with van der Waals surface area (Å²) >= 11 is 5.86. The lowest BCUT2D eigenvalue weighted by molar-refractivity contribution is -0.113. The van der Waals surface area contributed by atoms with Crippen LogP contribution in [-0.4, -0.2) is 25.2 Å². The molecule has 0 atom stereocenters. The monoisotopic (exact) mass is 396 g/mol. The number of nitrogens with one attached hydrogen (secondary N) is 1. The Balaban J connectivity index is 1.88. The van der Waals surface area contributed by atoms with Crippen molar-refractivity contribution >= 4 is 35.3 Å². The number of carbonyl (C=O) groups is 2. The van der Waals surface area contributed by atoms with Gasteiger partial charge < -0.3 is 14.8 Å². The van der Waals surface area contributed by atoms with Gasteiger partial charge in [-0.15, -0.1) is 6.42 Å². The molecule has 142 valence electrons. The van der Waals surface area contributed by atoms with Gasteiger partial charge in [0.2, 0.25) is 0 Å². The van der Waals surface area contributed by atoms with Gasteiger partial charge in [-0.2, -0.15) is 0 Å². The van der Waals surface area contributed by atoms with E-state index in [1.807, 2.05) is 6.92 Å². The highest BCUT2D eigenvalue weighted by molar-refractivity contribution is 6.31. The van der Waals surface area contributed by atoms with E-state index < -0.39 is 11.9 Å². The van der Waals surface area contributed by atoms with Crippen molar-refractivity contribution in [2.75, 3.05) is 18.1 Å². The number of imide groups is 1. The average molecular weight is 397 g/mol. The number of amides is 3. The molecule has 1 aliphatic heterocycles. The normalized spacial score (nSPS) is 14.8. The summed E-state index contributed by atoms with van der Waals surface area (Å²) in [6.07, 6.45) is 6.79. The van der Waals surface area contributed by atoms with Gasteiger partial charge in [-0.3, -0.25) is 4.79 Å². The zero-order chi connectivity index (χ0) is 20.1. The Hall–Kier alpha value is -3.43. The van der Waals surface area contributed by atoms with E-state index in [1.54, 1.807) is 48.5 Å². The quantitative estimate of drug-likeness (QED) is 0.457. The predicted molar refractivity (Wildman–Crippen MR) is 107 cm³/mol. The molecule has 0 bridgehead atoms. The highest BCUT2D eigenvalue weighted by Gasteiger charge is 2.34. The first-order chi connectivity index (χ1) is 13.5. The molecule has 1 fully saturated rings. The van der Waals surface area contributed by atoms with Gasteiger partial charge >= 0.3 is 6.03 Å². The van der Waals surface area contributed by atoms with Crippen LogP contribution in [0.25, 0.3) is 6.08 Å². The van der Waals surface area contributed by atoms with Gasteiger partial charge in [0, 0.05) is 5.02 Å². The second-order valence-corrected chi connectivity index (χ2v) is 6.17. The van der Waals surface area contributed by atoms with Crippen LogP contribution >= 0.6 is 11.6 Å². The van der Waals surface area contributed by atoms with Crippen molar-refractivity contribution in [1.82, 2.24) is 5.32 Å². The maximum atomic E-state index is 12.7. The number of rotatable bonds is 6. The van der Waals surface area contributed by atoms with Gasteiger partial charge in [0.15, 0.2) is 11.5 Å². The molecule has 1 saturated heterocycles. The lowest BCUT2D eigenvalue weighted by Crippen LogP contribution is -2.30.